The summed E-state index contributed by atoms with van der Waals surface area (Å²) < 4.78 is 10.9. The molecule has 1 aliphatic rings. The van der Waals surface area contributed by atoms with Gasteiger partial charge in [-0.2, -0.15) is 11.8 Å². The second kappa shape index (κ2) is 7.51. The van der Waals surface area contributed by atoms with Crippen LogP contribution < -0.4 is 10.4 Å². The zero-order valence-electron chi connectivity index (χ0n) is 12.4. The number of ether oxygens (including phenoxy) is 1. The minimum atomic E-state index is -0.341. The number of para-hydroxylation sites is 1. The van der Waals surface area contributed by atoms with Gasteiger partial charge in [-0.05, 0) is 18.2 Å². The molecule has 116 valence electrons. The van der Waals surface area contributed by atoms with Crippen LogP contribution in [0.25, 0.3) is 11.1 Å². The van der Waals surface area contributed by atoms with Gasteiger partial charge in [-0.1, -0.05) is 18.2 Å². The summed E-state index contributed by atoms with van der Waals surface area (Å²) in [4.78, 5) is 14.3. The molecule has 1 aliphatic heterocycles. The molecule has 0 atom stereocenters. The summed E-state index contributed by atoms with van der Waals surface area (Å²) in [6.45, 7) is 3.79. The second-order valence-electron chi connectivity index (χ2n) is 5.11. The van der Waals surface area contributed by atoms with E-state index in [-0.39, 0.29) is 5.63 Å². The minimum absolute atomic E-state index is 0.341. The van der Waals surface area contributed by atoms with Crippen molar-refractivity contribution in [1.29, 1.82) is 0 Å². The lowest BCUT2D eigenvalue weighted by atomic mass is 10.1. The van der Waals surface area contributed by atoms with Crippen molar-refractivity contribution in [3.63, 3.8) is 0 Å². The molecule has 0 amide bonds. The summed E-state index contributed by atoms with van der Waals surface area (Å²) in [7, 11) is 0. The molecule has 3 rings (SSSR count). The van der Waals surface area contributed by atoms with Gasteiger partial charge >= 0.3 is 5.63 Å². The number of benzene rings is 1. The smallest absolute Gasteiger partial charge is 0.343 e. The Balaban J connectivity index is 1.69. The minimum Gasteiger partial charge on any atom is -0.492 e. The quantitative estimate of drug-likeness (QED) is 0.848. The van der Waals surface area contributed by atoms with Crippen LogP contribution in [0.1, 0.15) is 0 Å². The van der Waals surface area contributed by atoms with E-state index in [1.54, 1.807) is 12.1 Å². The van der Waals surface area contributed by atoms with Crippen molar-refractivity contribution < 1.29 is 9.15 Å². The Morgan fingerprint density at radius 2 is 1.86 bits per heavy atom. The molecule has 0 spiro atoms. The SMILES string of the molecule is O=c1occcc1-c1ccccc1OCCN1CCSCC1. The van der Waals surface area contributed by atoms with Crippen molar-refractivity contribution in [1.82, 2.24) is 4.90 Å². The standard InChI is InChI=1S/C17H19NO3S/c19-17-15(5-3-10-21-17)14-4-1-2-6-16(14)20-11-7-18-8-12-22-13-9-18/h1-6,10H,7-9,11-13H2. The van der Waals surface area contributed by atoms with E-state index in [0.717, 1.165) is 30.9 Å². The first-order valence-corrected chi connectivity index (χ1v) is 8.60. The van der Waals surface area contributed by atoms with Crippen molar-refractivity contribution in [2.75, 3.05) is 37.7 Å². The Morgan fingerprint density at radius 3 is 2.68 bits per heavy atom. The Morgan fingerprint density at radius 1 is 1.09 bits per heavy atom. The van der Waals surface area contributed by atoms with E-state index in [0.29, 0.717) is 12.2 Å². The van der Waals surface area contributed by atoms with Crippen LogP contribution in [0.2, 0.25) is 0 Å². The summed E-state index contributed by atoms with van der Waals surface area (Å²) in [5, 5.41) is 0. The second-order valence-corrected chi connectivity index (χ2v) is 6.34. The third-order valence-electron chi connectivity index (χ3n) is 3.68. The number of hydrogen-bond acceptors (Lipinski definition) is 5. The highest BCUT2D eigenvalue weighted by Crippen LogP contribution is 2.27. The molecular weight excluding hydrogens is 298 g/mol. The number of nitrogens with zero attached hydrogens (tertiary/aromatic N) is 1. The predicted molar refractivity (Wildman–Crippen MR) is 89.7 cm³/mol. The van der Waals surface area contributed by atoms with Crippen LogP contribution in [-0.4, -0.2) is 42.6 Å². The van der Waals surface area contributed by atoms with Gasteiger partial charge in [0.05, 0.1) is 11.8 Å². The molecule has 2 aromatic rings. The Hall–Kier alpha value is -1.72. The summed E-state index contributed by atoms with van der Waals surface area (Å²) in [6, 6.07) is 11.1. The molecule has 0 bridgehead atoms. The van der Waals surface area contributed by atoms with Crippen molar-refractivity contribution in [3.8, 4) is 16.9 Å². The molecule has 1 aromatic carbocycles. The normalized spacial score (nSPS) is 15.6. The van der Waals surface area contributed by atoms with Crippen LogP contribution in [0.3, 0.4) is 0 Å². The molecule has 1 fully saturated rings. The van der Waals surface area contributed by atoms with E-state index in [2.05, 4.69) is 4.90 Å². The number of rotatable bonds is 5. The first kappa shape index (κ1) is 15.2. The lowest BCUT2D eigenvalue weighted by molar-refractivity contribution is 0.223. The molecule has 0 unspecified atom stereocenters. The Labute approximate surface area is 134 Å². The van der Waals surface area contributed by atoms with E-state index in [4.69, 9.17) is 9.15 Å². The highest BCUT2D eigenvalue weighted by Gasteiger charge is 2.12. The maximum atomic E-state index is 11.9. The van der Waals surface area contributed by atoms with Crippen molar-refractivity contribution in [2.45, 2.75) is 0 Å². The molecule has 0 saturated carbocycles. The lowest BCUT2D eigenvalue weighted by Gasteiger charge is -2.26. The van der Waals surface area contributed by atoms with Crippen LogP contribution in [0.4, 0.5) is 0 Å². The highest BCUT2D eigenvalue weighted by atomic mass is 32.2. The molecule has 22 heavy (non-hydrogen) atoms. The molecule has 0 N–H and O–H groups in total. The van der Waals surface area contributed by atoms with E-state index in [1.807, 2.05) is 36.0 Å². The molecule has 4 nitrogen and oxygen atoms in total. The Bertz CT molecular complexity index is 665. The molecule has 5 heteroatoms. The maximum absolute atomic E-state index is 11.9. The van der Waals surface area contributed by atoms with E-state index in [1.165, 1.54) is 17.8 Å². The molecular formula is C17H19NO3S. The number of hydrogen-bond donors (Lipinski definition) is 0. The third-order valence-corrected chi connectivity index (χ3v) is 4.62. The van der Waals surface area contributed by atoms with Crippen molar-refractivity contribution in [3.05, 3.63) is 53.1 Å². The van der Waals surface area contributed by atoms with Gasteiger partial charge < -0.3 is 9.15 Å². The summed E-state index contributed by atoms with van der Waals surface area (Å²) in [5.41, 5.74) is 0.977. The average Bonchev–Trinajstić information content (AvgIpc) is 2.57. The van der Waals surface area contributed by atoms with Gasteiger partial charge in [-0.3, -0.25) is 4.90 Å². The van der Waals surface area contributed by atoms with Gasteiger partial charge in [0, 0.05) is 36.7 Å². The van der Waals surface area contributed by atoms with Gasteiger partial charge in [0.25, 0.3) is 0 Å². The first-order valence-electron chi connectivity index (χ1n) is 7.45. The van der Waals surface area contributed by atoms with E-state index >= 15 is 0 Å². The fourth-order valence-electron chi connectivity index (χ4n) is 2.49. The van der Waals surface area contributed by atoms with Crippen LogP contribution in [0.5, 0.6) is 5.75 Å². The predicted octanol–water partition coefficient (Wildman–Crippen LogP) is 2.73. The van der Waals surface area contributed by atoms with Gasteiger partial charge in [-0.15, -0.1) is 0 Å². The Kier molecular flexibility index (Phi) is 5.19. The molecule has 0 aliphatic carbocycles. The average molecular weight is 317 g/mol. The maximum Gasteiger partial charge on any atom is 0.343 e. The van der Waals surface area contributed by atoms with Crippen LogP contribution >= 0.6 is 11.8 Å². The topological polar surface area (TPSA) is 42.7 Å². The highest BCUT2D eigenvalue weighted by molar-refractivity contribution is 7.99. The van der Waals surface area contributed by atoms with Gasteiger partial charge in [0.2, 0.25) is 0 Å². The third kappa shape index (κ3) is 3.72. The summed E-state index contributed by atoms with van der Waals surface area (Å²) in [6.07, 6.45) is 1.39. The van der Waals surface area contributed by atoms with Crippen LogP contribution in [-0.2, 0) is 0 Å². The first-order chi connectivity index (χ1) is 10.8. The van der Waals surface area contributed by atoms with Gasteiger partial charge in [0.1, 0.15) is 12.4 Å². The largest absolute Gasteiger partial charge is 0.492 e. The molecule has 1 saturated heterocycles. The van der Waals surface area contributed by atoms with Crippen LogP contribution in [0, 0.1) is 0 Å². The van der Waals surface area contributed by atoms with Crippen molar-refractivity contribution in [2.24, 2.45) is 0 Å². The zero-order chi connectivity index (χ0) is 15.2. The number of thioether (sulfide) groups is 1. The van der Waals surface area contributed by atoms with Gasteiger partial charge in [0.15, 0.2) is 0 Å². The molecule has 0 radical (unpaired) electrons. The molecule has 1 aromatic heterocycles. The zero-order valence-corrected chi connectivity index (χ0v) is 13.2. The van der Waals surface area contributed by atoms with E-state index < -0.39 is 0 Å². The summed E-state index contributed by atoms with van der Waals surface area (Å²) in [5.74, 6) is 3.12. The summed E-state index contributed by atoms with van der Waals surface area (Å²) >= 11 is 2.00. The monoisotopic (exact) mass is 317 g/mol. The van der Waals surface area contributed by atoms with Crippen LogP contribution in [0.15, 0.2) is 51.9 Å². The van der Waals surface area contributed by atoms with E-state index in [9.17, 15) is 4.79 Å². The fraction of sp³-hybridized carbons (Fsp3) is 0.353. The van der Waals surface area contributed by atoms with Crippen molar-refractivity contribution >= 4 is 11.8 Å². The fourth-order valence-corrected chi connectivity index (χ4v) is 3.47. The molecule has 2 heterocycles. The van der Waals surface area contributed by atoms with Gasteiger partial charge in [-0.25, -0.2) is 4.79 Å². The lowest BCUT2D eigenvalue weighted by Crippen LogP contribution is -2.35.